The monoisotopic (exact) mass is 333 g/mol. The number of aryl methyl sites for hydroxylation is 1. The molecule has 0 spiro atoms. The highest BCUT2D eigenvalue weighted by molar-refractivity contribution is 7.86. The van der Waals surface area contributed by atoms with Crippen molar-refractivity contribution in [2.45, 2.75) is 11.8 Å². The minimum atomic E-state index is -4.61. The number of aromatic nitrogens is 1. The maximum Gasteiger partial charge on any atom is 0.296 e. The van der Waals surface area contributed by atoms with Gasteiger partial charge in [0.25, 0.3) is 16.0 Å². The lowest BCUT2D eigenvalue weighted by Crippen LogP contribution is -1.99. The van der Waals surface area contributed by atoms with Crippen molar-refractivity contribution in [1.82, 2.24) is 5.16 Å². The van der Waals surface area contributed by atoms with Gasteiger partial charge < -0.3 is 9.63 Å². The molecule has 9 heteroatoms. The second kappa shape index (κ2) is 5.45. The third kappa shape index (κ3) is 2.91. The Balaban J connectivity index is 2.25. The summed E-state index contributed by atoms with van der Waals surface area (Å²) in [7, 11) is -4.61. The van der Waals surface area contributed by atoms with E-state index in [9.17, 15) is 18.1 Å². The Bertz CT molecular complexity index is 1020. The summed E-state index contributed by atoms with van der Waals surface area (Å²) in [5.41, 5.74) is 0.192. The van der Waals surface area contributed by atoms with Crippen LogP contribution in [0, 0.1) is 6.92 Å². The lowest BCUT2D eigenvalue weighted by molar-refractivity contribution is 0.422. The van der Waals surface area contributed by atoms with Gasteiger partial charge in [-0.2, -0.15) is 8.42 Å². The van der Waals surface area contributed by atoms with Crippen LogP contribution in [0.2, 0.25) is 0 Å². The predicted molar refractivity (Wildman–Crippen MR) is 80.8 cm³/mol. The van der Waals surface area contributed by atoms with Crippen LogP contribution in [0.25, 0.3) is 10.8 Å². The molecule has 3 aromatic rings. The first-order chi connectivity index (χ1) is 10.9. The molecular weight excluding hydrogens is 322 g/mol. The summed E-state index contributed by atoms with van der Waals surface area (Å²) in [6, 6.07) is 9.24. The molecule has 0 aliphatic carbocycles. The SMILES string of the molecule is Cc1cc(N=Nc2c(S(=O)(=O)O)cc3ccccc3c2O)on1. The Hall–Kier alpha value is -2.78. The topological polar surface area (TPSA) is 125 Å². The first kappa shape index (κ1) is 15.1. The van der Waals surface area contributed by atoms with Crippen LogP contribution >= 0.6 is 0 Å². The largest absolute Gasteiger partial charge is 0.505 e. The van der Waals surface area contributed by atoms with Gasteiger partial charge >= 0.3 is 0 Å². The predicted octanol–water partition coefficient (Wildman–Crippen LogP) is 3.50. The number of benzene rings is 2. The molecule has 2 N–H and O–H groups in total. The van der Waals surface area contributed by atoms with Gasteiger partial charge in [0.2, 0.25) is 0 Å². The molecule has 1 heterocycles. The molecule has 0 fully saturated rings. The van der Waals surface area contributed by atoms with Crippen molar-refractivity contribution in [3.8, 4) is 5.75 Å². The molecular formula is C14H11N3O5S. The highest BCUT2D eigenvalue weighted by Crippen LogP contribution is 2.41. The number of nitrogens with zero attached hydrogens (tertiary/aromatic N) is 3. The van der Waals surface area contributed by atoms with E-state index < -0.39 is 20.8 Å². The summed E-state index contributed by atoms with van der Waals surface area (Å²) in [6.45, 7) is 1.68. The fraction of sp³-hybridized carbons (Fsp3) is 0.0714. The quantitative estimate of drug-likeness (QED) is 0.558. The first-order valence-electron chi connectivity index (χ1n) is 6.43. The second-order valence-electron chi connectivity index (χ2n) is 4.77. The Kier molecular flexibility index (Phi) is 3.58. The molecule has 0 saturated heterocycles. The fourth-order valence-corrected chi connectivity index (χ4v) is 2.74. The van der Waals surface area contributed by atoms with Crippen LogP contribution in [0.1, 0.15) is 5.69 Å². The molecule has 3 rings (SSSR count). The van der Waals surface area contributed by atoms with Gasteiger partial charge in [0, 0.05) is 11.5 Å². The maximum atomic E-state index is 11.6. The maximum absolute atomic E-state index is 11.6. The molecule has 23 heavy (non-hydrogen) atoms. The lowest BCUT2D eigenvalue weighted by Gasteiger charge is -2.08. The average molecular weight is 333 g/mol. The number of hydrogen-bond donors (Lipinski definition) is 2. The number of fused-ring (bicyclic) bond motifs is 1. The van der Waals surface area contributed by atoms with Crippen LogP contribution in [-0.4, -0.2) is 23.2 Å². The second-order valence-corrected chi connectivity index (χ2v) is 6.16. The molecule has 0 atom stereocenters. The molecule has 0 saturated carbocycles. The van der Waals surface area contributed by atoms with Crippen molar-refractivity contribution < 1.29 is 22.6 Å². The summed E-state index contributed by atoms with van der Waals surface area (Å²) in [6.07, 6.45) is 0. The van der Waals surface area contributed by atoms with Gasteiger partial charge in [-0.1, -0.05) is 29.4 Å². The van der Waals surface area contributed by atoms with Crippen molar-refractivity contribution in [2.24, 2.45) is 10.2 Å². The van der Waals surface area contributed by atoms with Crippen LogP contribution in [0.15, 0.2) is 56.0 Å². The van der Waals surface area contributed by atoms with Crippen LogP contribution in [0.3, 0.4) is 0 Å². The van der Waals surface area contributed by atoms with Crippen molar-refractivity contribution in [2.75, 3.05) is 0 Å². The highest BCUT2D eigenvalue weighted by Gasteiger charge is 2.21. The molecule has 118 valence electrons. The van der Waals surface area contributed by atoms with E-state index in [0.717, 1.165) is 0 Å². The smallest absolute Gasteiger partial charge is 0.296 e. The number of aromatic hydroxyl groups is 1. The number of rotatable bonds is 3. The van der Waals surface area contributed by atoms with Gasteiger partial charge in [-0.15, -0.1) is 10.2 Å². The van der Waals surface area contributed by atoms with E-state index >= 15 is 0 Å². The van der Waals surface area contributed by atoms with Crippen LogP contribution in [0.4, 0.5) is 11.6 Å². The zero-order chi connectivity index (χ0) is 16.6. The van der Waals surface area contributed by atoms with Crippen LogP contribution in [-0.2, 0) is 10.1 Å². The molecule has 1 aromatic heterocycles. The molecule has 0 unspecified atom stereocenters. The van der Waals surface area contributed by atoms with E-state index in [1.807, 2.05) is 0 Å². The van der Waals surface area contributed by atoms with E-state index in [1.54, 1.807) is 31.2 Å². The van der Waals surface area contributed by atoms with Gasteiger partial charge in [-0.3, -0.25) is 4.55 Å². The van der Waals surface area contributed by atoms with Crippen LogP contribution in [0.5, 0.6) is 5.75 Å². The minimum absolute atomic E-state index is 0.0383. The fourth-order valence-electron chi connectivity index (χ4n) is 2.08. The van der Waals surface area contributed by atoms with E-state index in [1.165, 1.54) is 12.1 Å². The van der Waals surface area contributed by atoms with Gasteiger partial charge in [0.05, 0.1) is 5.69 Å². The standard InChI is InChI=1S/C14H11N3O5S/c1-8-6-12(22-17-8)15-16-13-11(23(19,20)21)7-9-4-2-3-5-10(9)14(13)18/h2-7,18H,1H3,(H,19,20,21). The summed E-state index contributed by atoms with van der Waals surface area (Å²) in [5.74, 6) is -0.368. The van der Waals surface area contributed by atoms with Crippen LogP contribution < -0.4 is 0 Å². The number of azo groups is 1. The molecule has 2 aromatic carbocycles. The van der Waals surface area contributed by atoms with Gasteiger partial charge in [0.15, 0.2) is 5.75 Å². The van der Waals surface area contributed by atoms with Gasteiger partial charge in [-0.05, 0) is 18.4 Å². The first-order valence-corrected chi connectivity index (χ1v) is 7.87. The number of phenols is 1. The van der Waals surface area contributed by atoms with Crippen molar-refractivity contribution in [3.63, 3.8) is 0 Å². The molecule has 0 bridgehead atoms. The normalized spacial score (nSPS) is 12.3. The molecule has 0 aliphatic heterocycles. The summed E-state index contributed by atoms with van der Waals surface area (Å²) in [4.78, 5) is -0.548. The Morgan fingerprint density at radius 1 is 1.17 bits per heavy atom. The Morgan fingerprint density at radius 2 is 1.91 bits per heavy atom. The highest BCUT2D eigenvalue weighted by atomic mass is 32.2. The molecule has 0 aliphatic rings. The molecule has 0 radical (unpaired) electrons. The molecule has 8 nitrogen and oxygen atoms in total. The van der Waals surface area contributed by atoms with E-state index in [-0.39, 0.29) is 11.6 Å². The van der Waals surface area contributed by atoms with E-state index in [2.05, 4.69) is 15.4 Å². The third-order valence-electron chi connectivity index (χ3n) is 3.10. The van der Waals surface area contributed by atoms with Crippen molar-refractivity contribution in [1.29, 1.82) is 0 Å². The number of phenolic OH excluding ortho intramolecular Hbond substituents is 1. The lowest BCUT2D eigenvalue weighted by atomic mass is 10.1. The Labute approximate surface area is 130 Å². The summed E-state index contributed by atoms with van der Waals surface area (Å²) in [5, 5.41) is 22.1. The zero-order valence-corrected chi connectivity index (χ0v) is 12.6. The van der Waals surface area contributed by atoms with Crippen molar-refractivity contribution >= 4 is 32.5 Å². The van der Waals surface area contributed by atoms with Crippen molar-refractivity contribution in [3.05, 3.63) is 42.1 Å². The minimum Gasteiger partial charge on any atom is -0.505 e. The summed E-state index contributed by atoms with van der Waals surface area (Å²) >= 11 is 0. The van der Waals surface area contributed by atoms with Gasteiger partial charge in [-0.25, -0.2) is 0 Å². The average Bonchev–Trinajstić information content (AvgIpc) is 2.91. The van der Waals surface area contributed by atoms with E-state index in [0.29, 0.717) is 16.5 Å². The Morgan fingerprint density at radius 3 is 2.57 bits per heavy atom. The zero-order valence-electron chi connectivity index (χ0n) is 11.8. The van der Waals surface area contributed by atoms with E-state index in [4.69, 9.17) is 4.52 Å². The van der Waals surface area contributed by atoms with Gasteiger partial charge in [0.1, 0.15) is 10.6 Å². The third-order valence-corrected chi connectivity index (χ3v) is 3.97. The molecule has 0 amide bonds. The summed E-state index contributed by atoms with van der Waals surface area (Å²) < 4.78 is 37.4. The number of hydrogen-bond acceptors (Lipinski definition) is 7.